The lowest BCUT2D eigenvalue weighted by atomic mass is 10.2. The van der Waals surface area contributed by atoms with Crippen LogP contribution in [0.1, 0.15) is 10.4 Å². The lowest BCUT2D eigenvalue weighted by Gasteiger charge is -2.29. The number of likely N-dealkylation sites (N-methyl/N-ethyl adjacent to an activating group) is 1. The molecule has 0 saturated heterocycles. The second-order valence-electron chi connectivity index (χ2n) is 6.24. The maximum Gasteiger partial charge on any atom is 0.253 e. The standard InChI is InChI=1S/C20H20N2O5S/c1-3-12-21-28(24,25)17-10-8-15(9-11-17)20(23)22(2)13-16-14-26-18-6-4-5-7-19(18)27-16/h1,4-11,16,21H,12-14H2,2H3/t16-/m1/s1. The van der Waals surface area contributed by atoms with E-state index >= 15 is 0 Å². The van der Waals surface area contributed by atoms with Crippen LogP contribution in [0.5, 0.6) is 11.5 Å². The number of nitrogens with zero attached hydrogens (tertiary/aromatic N) is 1. The summed E-state index contributed by atoms with van der Waals surface area (Å²) in [6, 6.07) is 13.0. The van der Waals surface area contributed by atoms with E-state index in [9.17, 15) is 13.2 Å². The van der Waals surface area contributed by atoms with Crippen molar-refractivity contribution in [2.75, 3.05) is 26.7 Å². The van der Waals surface area contributed by atoms with Crippen molar-refractivity contribution in [3.63, 3.8) is 0 Å². The molecule has 2 aromatic rings. The summed E-state index contributed by atoms with van der Waals surface area (Å²) in [5.41, 5.74) is 0.371. The van der Waals surface area contributed by atoms with Crippen LogP contribution in [0.3, 0.4) is 0 Å². The second kappa shape index (κ2) is 8.33. The van der Waals surface area contributed by atoms with Crippen molar-refractivity contribution >= 4 is 15.9 Å². The Kier molecular flexibility index (Phi) is 5.87. The van der Waals surface area contributed by atoms with E-state index in [1.165, 1.54) is 29.2 Å². The highest BCUT2D eigenvalue weighted by Gasteiger charge is 2.24. The summed E-state index contributed by atoms with van der Waals surface area (Å²) in [7, 11) is -2.03. The van der Waals surface area contributed by atoms with E-state index in [2.05, 4.69) is 10.6 Å². The lowest BCUT2D eigenvalue weighted by molar-refractivity contribution is 0.0521. The Balaban J connectivity index is 1.63. The first kappa shape index (κ1) is 19.7. The number of ether oxygens (including phenoxy) is 2. The van der Waals surface area contributed by atoms with Crippen molar-refractivity contribution in [1.82, 2.24) is 9.62 Å². The summed E-state index contributed by atoms with van der Waals surface area (Å²) in [5.74, 6) is 3.29. The van der Waals surface area contributed by atoms with Crippen LogP contribution >= 0.6 is 0 Å². The number of nitrogens with one attached hydrogen (secondary N) is 1. The summed E-state index contributed by atoms with van der Waals surface area (Å²) < 4.78 is 37.9. The van der Waals surface area contributed by atoms with Crippen LogP contribution in [0.4, 0.5) is 0 Å². The van der Waals surface area contributed by atoms with Crippen molar-refractivity contribution in [2.24, 2.45) is 0 Å². The fourth-order valence-electron chi connectivity index (χ4n) is 2.76. The van der Waals surface area contributed by atoms with Gasteiger partial charge in [0.1, 0.15) is 6.61 Å². The first-order valence-corrected chi connectivity index (χ1v) is 10.1. The van der Waals surface area contributed by atoms with Crippen LogP contribution in [-0.4, -0.2) is 52.1 Å². The molecule has 1 atom stereocenters. The van der Waals surface area contributed by atoms with Crippen molar-refractivity contribution in [1.29, 1.82) is 0 Å². The van der Waals surface area contributed by atoms with Gasteiger partial charge in [-0.1, -0.05) is 18.1 Å². The van der Waals surface area contributed by atoms with Crippen LogP contribution < -0.4 is 14.2 Å². The number of para-hydroxylation sites is 2. The number of carbonyl (C=O) groups is 1. The number of sulfonamides is 1. The molecule has 8 heteroatoms. The number of carbonyl (C=O) groups excluding carboxylic acids is 1. The fraction of sp³-hybridized carbons (Fsp3) is 0.250. The molecule has 2 aromatic carbocycles. The van der Waals surface area contributed by atoms with Gasteiger partial charge in [0.25, 0.3) is 5.91 Å². The summed E-state index contributed by atoms with van der Waals surface area (Å²) in [6.07, 6.45) is 4.77. The third-order valence-electron chi connectivity index (χ3n) is 4.17. The summed E-state index contributed by atoms with van der Waals surface area (Å²) in [5, 5.41) is 0. The van der Waals surface area contributed by atoms with E-state index in [1.54, 1.807) is 7.05 Å². The maximum atomic E-state index is 12.6. The van der Waals surface area contributed by atoms with Crippen LogP contribution in [-0.2, 0) is 10.0 Å². The van der Waals surface area contributed by atoms with Gasteiger partial charge in [0.15, 0.2) is 17.6 Å². The SMILES string of the molecule is C#CCNS(=O)(=O)c1ccc(C(=O)N(C)C[C@@H]2COc3ccccc3O2)cc1. The molecule has 0 fully saturated rings. The van der Waals surface area contributed by atoms with Gasteiger partial charge >= 0.3 is 0 Å². The molecule has 0 unspecified atom stereocenters. The first-order valence-electron chi connectivity index (χ1n) is 8.58. The molecule has 1 aliphatic rings. The molecule has 1 N–H and O–H groups in total. The molecular formula is C20H20N2O5S. The predicted molar refractivity (Wildman–Crippen MR) is 104 cm³/mol. The van der Waals surface area contributed by atoms with Crippen LogP contribution in [0, 0.1) is 12.3 Å². The molecule has 3 rings (SSSR count). The van der Waals surface area contributed by atoms with Crippen molar-refractivity contribution in [3.8, 4) is 23.8 Å². The summed E-state index contributed by atoms with van der Waals surface area (Å²) >= 11 is 0. The average Bonchev–Trinajstić information content (AvgIpc) is 2.71. The molecule has 0 aliphatic carbocycles. The van der Waals surface area contributed by atoms with Crippen LogP contribution in [0.15, 0.2) is 53.4 Å². The molecule has 146 valence electrons. The highest BCUT2D eigenvalue weighted by atomic mass is 32.2. The van der Waals surface area contributed by atoms with E-state index < -0.39 is 10.0 Å². The van der Waals surface area contributed by atoms with Gasteiger partial charge in [0, 0.05) is 12.6 Å². The minimum atomic E-state index is -3.69. The molecule has 0 spiro atoms. The van der Waals surface area contributed by atoms with E-state index in [-0.39, 0.29) is 23.5 Å². The molecule has 1 amide bonds. The number of amides is 1. The zero-order valence-electron chi connectivity index (χ0n) is 15.3. The number of hydrogen-bond donors (Lipinski definition) is 1. The minimum Gasteiger partial charge on any atom is -0.486 e. The van der Waals surface area contributed by atoms with Gasteiger partial charge in [-0.2, -0.15) is 4.72 Å². The van der Waals surface area contributed by atoms with Crippen molar-refractivity contribution < 1.29 is 22.7 Å². The van der Waals surface area contributed by atoms with Gasteiger partial charge in [-0.25, -0.2) is 8.42 Å². The van der Waals surface area contributed by atoms with E-state index in [0.29, 0.717) is 30.2 Å². The monoisotopic (exact) mass is 400 g/mol. The highest BCUT2D eigenvalue weighted by molar-refractivity contribution is 7.89. The van der Waals surface area contributed by atoms with Gasteiger partial charge in [-0.15, -0.1) is 6.42 Å². The third-order valence-corrected chi connectivity index (χ3v) is 5.58. The topological polar surface area (TPSA) is 84.9 Å². The molecular weight excluding hydrogens is 380 g/mol. The second-order valence-corrected chi connectivity index (χ2v) is 8.00. The quantitative estimate of drug-likeness (QED) is 0.743. The van der Waals surface area contributed by atoms with Gasteiger partial charge in [0.05, 0.1) is 18.0 Å². The predicted octanol–water partition coefficient (Wildman–Crippen LogP) is 1.51. The largest absolute Gasteiger partial charge is 0.486 e. The van der Waals surface area contributed by atoms with Crippen LogP contribution in [0.2, 0.25) is 0 Å². The molecule has 0 saturated carbocycles. The Hall–Kier alpha value is -3.02. The molecule has 7 nitrogen and oxygen atoms in total. The fourth-order valence-corrected chi connectivity index (χ4v) is 3.69. The number of rotatable bonds is 6. The highest BCUT2D eigenvalue weighted by Crippen LogP contribution is 2.31. The molecule has 0 aromatic heterocycles. The Morgan fingerprint density at radius 3 is 2.57 bits per heavy atom. The third kappa shape index (κ3) is 4.44. The number of fused-ring (bicyclic) bond motifs is 1. The normalized spacial score (nSPS) is 15.5. The maximum absolute atomic E-state index is 12.6. The van der Waals surface area contributed by atoms with E-state index in [1.807, 2.05) is 24.3 Å². The Labute approximate surface area is 164 Å². The molecule has 0 radical (unpaired) electrons. The zero-order chi connectivity index (χ0) is 20.1. The molecule has 28 heavy (non-hydrogen) atoms. The van der Waals surface area contributed by atoms with Gasteiger partial charge in [-0.05, 0) is 36.4 Å². The van der Waals surface area contributed by atoms with E-state index in [0.717, 1.165) is 0 Å². The lowest BCUT2D eigenvalue weighted by Crippen LogP contribution is -2.41. The molecule has 1 heterocycles. The summed E-state index contributed by atoms with van der Waals surface area (Å²) in [4.78, 5) is 14.2. The smallest absolute Gasteiger partial charge is 0.253 e. The molecule has 1 aliphatic heterocycles. The van der Waals surface area contributed by atoms with Crippen molar-refractivity contribution in [2.45, 2.75) is 11.0 Å². The van der Waals surface area contributed by atoms with Gasteiger partial charge in [-0.3, -0.25) is 4.79 Å². The number of benzene rings is 2. The zero-order valence-corrected chi connectivity index (χ0v) is 16.1. The van der Waals surface area contributed by atoms with E-state index in [4.69, 9.17) is 15.9 Å². The average molecular weight is 400 g/mol. The number of hydrogen-bond acceptors (Lipinski definition) is 5. The van der Waals surface area contributed by atoms with Gasteiger partial charge < -0.3 is 14.4 Å². The Morgan fingerprint density at radius 1 is 1.21 bits per heavy atom. The Morgan fingerprint density at radius 2 is 1.89 bits per heavy atom. The first-order chi connectivity index (χ1) is 13.4. The summed E-state index contributed by atoms with van der Waals surface area (Å²) in [6.45, 7) is 0.571. The molecule has 0 bridgehead atoms. The number of terminal acetylenes is 1. The minimum absolute atomic E-state index is 0.0440. The van der Waals surface area contributed by atoms with Gasteiger partial charge in [0.2, 0.25) is 10.0 Å². The Bertz CT molecular complexity index is 996. The van der Waals surface area contributed by atoms with Crippen molar-refractivity contribution in [3.05, 3.63) is 54.1 Å². The van der Waals surface area contributed by atoms with Crippen LogP contribution in [0.25, 0.3) is 0 Å².